The molecule has 0 fully saturated rings. The van der Waals surface area contributed by atoms with E-state index in [2.05, 4.69) is 0 Å². The number of hydrogen-bond donors (Lipinski definition) is 2. The lowest BCUT2D eigenvalue weighted by Crippen LogP contribution is -2.24. The Balaban J connectivity index is 2.70. The minimum absolute atomic E-state index is 0.394. The highest BCUT2D eigenvalue weighted by Crippen LogP contribution is 2.23. The van der Waals surface area contributed by atoms with Gasteiger partial charge in [0.2, 0.25) is 0 Å². The van der Waals surface area contributed by atoms with Gasteiger partial charge in [0, 0.05) is 5.02 Å². The quantitative estimate of drug-likeness (QED) is 0.835. The molecule has 0 aliphatic heterocycles. The van der Waals surface area contributed by atoms with Gasteiger partial charge in [-0.1, -0.05) is 29.8 Å². The standard InChI is InChI=1S/C14H19ClO3/c1-14(2,18)8-7-11(13(16)17)9-10-5-3-4-6-12(10)15/h3-6,11,18H,7-9H2,1-2H3,(H,16,17). The summed E-state index contributed by atoms with van der Waals surface area (Å²) in [7, 11) is 0. The molecule has 0 saturated heterocycles. The number of carboxylic acid groups (broad SMARTS) is 1. The van der Waals surface area contributed by atoms with Crippen molar-refractivity contribution >= 4 is 17.6 Å². The first-order chi connectivity index (χ1) is 8.29. The van der Waals surface area contributed by atoms with E-state index < -0.39 is 17.5 Å². The number of benzene rings is 1. The Morgan fingerprint density at radius 1 is 1.39 bits per heavy atom. The molecule has 1 aromatic carbocycles. The summed E-state index contributed by atoms with van der Waals surface area (Å²) in [5.41, 5.74) is -0.00363. The molecule has 0 amide bonds. The van der Waals surface area contributed by atoms with E-state index in [-0.39, 0.29) is 0 Å². The number of aliphatic carboxylic acids is 1. The monoisotopic (exact) mass is 270 g/mol. The van der Waals surface area contributed by atoms with Crippen LogP contribution in [-0.2, 0) is 11.2 Å². The van der Waals surface area contributed by atoms with Crippen molar-refractivity contribution in [1.82, 2.24) is 0 Å². The van der Waals surface area contributed by atoms with Gasteiger partial charge in [0.15, 0.2) is 0 Å². The van der Waals surface area contributed by atoms with Gasteiger partial charge in [0.25, 0.3) is 0 Å². The molecule has 1 rings (SSSR count). The summed E-state index contributed by atoms with van der Waals surface area (Å²) in [6.07, 6.45) is 1.28. The third-order valence-corrected chi connectivity index (χ3v) is 3.25. The maximum Gasteiger partial charge on any atom is 0.306 e. The Labute approximate surface area is 112 Å². The van der Waals surface area contributed by atoms with Gasteiger partial charge < -0.3 is 10.2 Å². The maximum atomic E-state index is 11.2. The molecule has 0 aliphatic carbocycles. The Morgan fingerprint density at radius 3 is 2.50 bits per heavy atom. The van der Waals surface area contributed by atoms with Crippen molar-refractivity contribution < 1.29 is 15.0 Å². The van der Waals surface area contributed by atoms with E-state index >= 15 is 0 Å². The van der Waals surface area contributed by atoms with Gasteiger partial charge in [-0.15, -0.1) is 0 Å². The summed E-state index contributed by atoms with van der Waals surface area (Å²) >= 11 is 6.02. The highest BCUT2D eigenvalue weighted by Gasteiger charge is 2.22. The van der Waals surface area contributed by atoms with Crippen LogP contribution in [0.1, 0.15) is 32.3 Å². The molecule has 0 spiro atoms. The number of carboxylic acids is 1. The maximum absolute atomic E-state index is 11.2. The van der Waals surface area contributed by atoms with Crippen molar-refractivity contribution in [2.75, 3.05) is 0 Å². The molecule has 0 radical (unpaired) electrons. The van der Waals surface area contributed by atoms with Gasteiger partial charge in [-0.2, -0.15) is 0 Å². The predicted octanol–water partition coefficient (Wildman–Crippen LogP) is 3.13. The molecule has 1 atom stereocenters. The van der Waals surface area contributed by atoms with Crippen LogP contribution in [-0.4, -0.2) is 21.8 Å². The molecule has 0 aliphatic rings. The molecule has 0 aromatic heterocycles. The van der Waals surface area contributed by atoms with Gasteiger partial charge in [0.05, 0.1) is 11.5 Å². The zero-order valence-electron chi connectivity index (χ0n) is 10.7. The predicted molar refractivity (Wildman–Crippen MR) is 71.8 cm³/mol. The number of halogens is 1. The van der Waals surface area contributed by atoms with Crippen LogP contribution in [0.4, 0.5) is 0 Å². The molecule has 0 saturated carbocycles. The van der Waals surface area contributed by atoms with Crippen LogP contribution >= 0.6 is 11.6 Å². The Bertz CT molecular complexity index is 410. The van der Waals surface area contributed by atoms with Gasteiger partial charge >= 0.3 is 5.97 Å². The van der Waals surface area contributed by atoms with Crippen LogP contribution in [0.3, 0.4) is 0 Å². The van der Waals surface area contributed by atoms with Crippen LogP contribution in [0.2, 0.25) is 5.02 Å². The SMILES string of the molecule is CC(C)(O)CCC(Cc1ccccc1Cl)C(=O)O. The first-order valence-electron chi connectivity index (χ1n) is 5.98. The second-order valence-electron chi connectivity index (χ2n) is 5.18. The van der Waals surface area contributed by atoms with Crippen molar-refractivity contribution in [3.63, 3.8) is 0 Å². The topological polar surface area (TPSA) is 57.5 Å². The summed E-state index contributed by atoms with van der Waals surface area (Å²) in [6, 6.07) is 7.25. The van der Waals surface area contributed by atoms with E-state index in [4.69, 9.17) is 11.6 Å². The molecule has 18 heavy (non-hydrogen) atoms. The van der Waals surface area contributed by atoms with Crippen molar-refractivity contribution in [1.29, 1.82) is 0 Å². The van der Waals surface area contributed by atoms with Crippen LogP contribution in [0, 0.1) is 5.92 Å². The molecule has 2 N–H and O–H groups in total. The zero-order valence-corrected chi connectivity index (χ0v) is 11.4. The van der Waals surface area contributed by atoms with E-state index in [1.165, 1.54) is 0 Å². The molecule has 1 unspecified atom stereocenters. The fraction of sp³-hybridized carbons (Fsp3) is 0.500. The Hall–Kier alpha value is -1.06. The lowest BCUT2D eigenvalue weighted by Gasteiger charge is -2.20. The second kappa shape index (κ2) is 6.21. The molecule has 0 bridgehead atoms. The molecule has 1 aromatic rings. The second-order valence-corrected chi connectivity index (χ2v) is 5.59. The van der Waals surface area contributed by atoms with E-state index in [1.54, 1.807) is 19.9 Å². The average molecular weight is 271 g/mol. The van der Waals surface area contributed by atoms with Crippen LogP contribution in [0.5, 0.6) is 0 Å². The van der Waals surface area contributed by atoms with Crippen molar-refractivity contribution in [3.8, 4) is 0 Å². The van der Waals surface area contributed by atoms with Gasteiger partial charge in [-0.3, -0.25) is 4.79 Å². The molecular weight excluding hydrogens is 252 g/mol. The summed E-state index contributed by atoms with van der Waals surface area (Å²) in [6.45, 7) is 3.36. The smallest absolute Gasteiger partial charge is 0.306 e. The fourth-order valence-corrected chi connectivity index (χ4v) is 1.98. The summed E-state index contributed by atoms with van der Waals surface area (Å²) in [5, 5.41) is 19.4. The van der Waals surface area contributed by atoms with E-state index in [0.717, 1.165) is 5.56 Å². The molecule has 100 valence electrons. The zero-order chi connectivity index (χ0) is 13.8. The number of carbonyl (C=O) groups is 1. The highest BCUT2D eigenvalue weighted by atomic mass is 35.5. The van der Waals surface area contributed by atoms with Gasteiger partial charge in [-0.05, 0) is 44.7 Å². The lowest BCUT2D eigenvalue weighted by atomic mass is 9.90. The summed E-state index contributed by atoms with van der Waals surface area (Å²) < 4.78 is 0. The summed E-state index contributed by atoms with van der Waals surface area (Å²) in [5.74, 6) is -1.37. The van der Waals surface area contributed by atoms with E-state index in [0.29, 0.717) is 24.3 Å². The van der Waals surface area contributed by atoms with Crippen LogP contribution in [0.15, 0.2) is 24.3 Å². The number of hydrogen-bond acceptors (Lipinski definition) is 2. The molecule has 3 nitrogen and oxygen atoms in total. The van der Waals surface area contributed by atoms with Crippen molar-refractivity contribution in [2.45, 2.75) is 38.7 Å². The minimum atomic E-state index is -0.848. The van der Waals surface area contributed by atoms with E-state index in [1.807, 2.05) is 18.2 Å². The van der Waals surface area contributed by atoms with Gasteiger partial charge in [0.1, 0.15) is 0 Å². The van der Waals surface area contributed by atoms with Gasteiger partial charge in [-0.25, -0.2) is 0 Å². The normalized spacial score (nSPS) is 13.3. The van der Waals surface area contributed by atoms with Crippen LogP contribution in [0.25, 0.3) is 0 Å². The summed E-state index contributed by atoms with van der Waals surface area (Å²) in [4.78, 5) is 11.2. The Kier molecular flexibility index (Phi) is 5.17. The number of rotatable bonds is 6. The first-order valence-corrected chi connectivity index (χ1v) is 6.36. The van der Waals surface area contributed by atoms with Crippen molar-refractivity contribution in [2.24, 2.45) is 5.92 Å². The van der Waals surface area contributed by atoms with Crippen molar-refractivity contribution in [3.05, 3.63) is 34.9 Å². The molecular formula is C14H19ClO3. The first kappa shape index (κ1) is 15.0. The highest BCUT2D eigenvalue weighted by molar-refractivity contribution is 6.31. The fourth-order valence-electron chi connectivity index (χ4n) is 1.77. The third kappa shape index (κ3) is 5.07. The lowest BCUT2D eigenvalue weighted by molar-refractivity contribution is -0.142. The largest absolute Gasteiger partial charge is 0.481 e. The van der Waals surface area contributed by atoms with E-state index in [9.17, 15) is 15.0 Å². The molecule has 4 heteroatoms. The molecule has 0 heterocycles. The third-order valence-electron chi connectivity index (χ3n) is 2.88. The minimum Gasteiger partial charge on any atom is -0.481 e. The number of aliphatic hydroxyl groups is 1. The van der Waals surface area contributed by atoms with Crippen LogP contribution < -0.4 is 0 Å². The Morgan fingerprint density at radius 2 is 2.00 bits per heavy atom. The average Bonchev–Trinajstić information content (AvgIpc) is 2.24.